The zero-order chi connectivity index (χ0) is 13.6. The molecule has 1 unspecified atom stereocenters. The van der Waals surface area contributed by atoms with Gasteiger partial charge in [0.1, 0.15) is 5.52 Å². The van der Waals surface area contributed by atoms with Crippen molar-refractivity contribution < 1.29 is 8.42 Å². The zero-order valence-electron chi connectivity index (χ0n) is 10.7. The van der Waals surface area contributed by atoms with Crippen molar-refractivity contribution in [1.29, 1.82) is 0 Å². The number of hydrogen-bond acceptors (Lipinski definition) is 5. The van der Waals surface area contributed by atoms with E-state index in [9.17, 15) is 8.42 Å². The van der Waals surface area contributed by atoms with Crippen LogP contribution in [0.25, 0.3) is 11.2 Å². The lowest BCUT2D eigenvalue weighted by Crippen LogP contribution is -2.14. The molecule has 0 radical (unpaired) electrons. The number of fused-ring (bicyclic) bond motifs is 1. The average Bonchev–Trinajstić information content (AvgIpc) is 2.81. The standard InChI is InChI=1S/C12H16N4O2S/c1-8-2-3-10-11(14-8)16(12(13)15-10)6-9-4-5-19(17,18)7-9/h2-3,9H,4-7H2,1H3,(H2,13,15). The average molecular weight is 280 g/mol. The lowest BCUT2D eigenvalue weighted by molar-refractivity contribution is 0.501. The van der Waals surface area contributed by atoms with Gasteiger partial charge in [-0.15, -0.1) is 0 Å². The number of nitrogen functional groups attached to an aromatic ring is 1. The summed E-state index contributed by atoms with van der Waals surface area (Å²) in [6.45, 7) is 2.48. The van der Waals surface area contributed by atoms with Gasteiger partial charge in [0, 0.05) is 12.2 Å². The van der Waals surface area contributed by atoms with E-state index in [1.807, 2.05) is 23.6 Å². The number of anilines is 1. The molecule has 0 aliphatic carbocycles. The number of nitrogens with two attached hydrogens (primary N) is 1. The van der Waals surface area contributed by atoms with Gasteiger partial charge >= 0.3 is 0 Å². The first-order valence-corrected chi connectivity index (χ1v) is 8.06. The van der Waals surface area contributed by atoms with Crippen LogP contribution in [-0.2, 0) is 16.4 Å². The van der Waals surface area contributed by atoms with E-state index in [0.29, 0.717) is 18.9 Å². The molecular formula is C12H16N4O2S. The first-order valence-electron chi connectivity index (χ1n) is 6.24. The number of aryl methyl sites for hydroxylation is 1. The summed E-state index contributed by atoms with van der Waals surface area (Å²) in [5, 5.41) is 0. The Hall–Kier alpha value is -1.63. The number of rotatable bonds is 2. The fourth-order valence-corrected chi connectivity index (χ4v) is 4.42. The molecule has 0 saturated carbocycles. The number of nitrogens with zero attached hydrogens (tertiary/aromatic N) is 3. The van der Waals surface area contributed by atoms with Crippen molar-refractivity contribution in [3.05, 3.63) is 17.8 Å². The van der Waals surface area contributed by atoms with Crippen LogP contribution >= 0.6 is 0 Å². The zero-order valence-corrected chi connectivity index (χ0v) is 11.5. The Morgan fingerprint density at radius 2 is 2.21 bits per heavy atom. The van der Waals surface area contributed by atoms with Gasteiger partial charge in [0.2, 0.25) is 5.95 Å². The van der Waals surface area contributed by atoms with Gasteiger partial charge in [-0.1, -0.05) is 0 Å². The van der Waals surface area contributed by atoms with Gasteiger partial charge in [-0.2, -0.15) is 0 Å². The molecule has 6 nitrogen and oxygen atoms in total. The highest BCUT2D eigenvalue weighted by Gasteiger charge is 2.29. The maximum Gasteiger partial charge on any atom is 0.202 e. The Labute approximate surface area is 111 Å². The Morgan fingerprint density at radius 3 is 2.89 bits per heavy atom. The summed E-state index contributed by atoms with van der Waals surface area (Å²) < 4.78 is 24.8. The van der Waals surface area contributed by atoms with Crippen LogP contribution in [-0.4, -0.2) is 34.5 Å². The first kappa shape index (κ1) is 12.4. The molecule has 7 heteroatoms. The summed E-state index contributed by atoms with van der Waals surface area (Å²) in [6, 6.07) is 3.77. The van der Waals surface area contributed by atoms with Gasteiger partial charge in [0.05, 0.1) is 11.5 Å². The molecule has 0 bridgehead atoms. The van der Waals surface area contributed by atoms with Crippen LogP contribution in [0, 0.1) is 12.8 Å². The van der Waals surface area contributed by atoms with E-state index >= 15 is 0 Å². The highest BCUT2D eigenvalue weighted by Crippen LogP contribution is 2.24. The van der Waals surface area contributed by atoms with Crippen molar-refractivity contribution in [3.63, 3.8) is 0 Å². The topological polar surface area (TPSA) is 90.9 Å². The fourth-order valence-electron chi connectivity index (χ4n) is 2.57. The molecule has 0 aromatic carbocycles. The molecule has 1 saturated heterocycles. The van der Waals surface area contributed by atoms with Crippen LogP contribution in [0.1, 0.15) is 12.1 Å². The van der Waals surface area contributed by atoms with Crippen LogP contribution in [0.5, 0.6) is 0 Å². The third kappa shape index (κ3) is 2.30. The number of sulfone groups is 1. The third-order valence-corrected chi connectivity index (χ3v) is 5.37. The molecule has 0 spiro atoms. The quantitative estimate of drug-likeness (QED) is 0.876. The molecule has 102 valence electrons. The lowest BCUT2D eigenvalue weighted by Gasteiger charge is -2.10. The molecular weight excluding hydrogens is 264 g/mol. The van der Waals surface area contributed by atoms with E-state index in [4.69, 9.17) is 5.73 Å². The molecule has 1 fully saturated rings. The monoisotopic (exact) mass is 280 g/mol. The highest BCUT2D eigenvalue weighted by molar-refractivity contribution is 7.91. The molecule has 3 heterocycles. The number of imidazole rings is 1. The summed E-state index contributed by atoms with van der Waals surface area (Å²) in [4.78, 5) is 8.71. The summed E-state index contributed by atoms with van der Waals surface area (Å²) in [5.74, 6) is 1.01. The summed E-state index contributed by atoms with van der Waals surface area (Å²) >= 11 is 0. The second-order valence-electron chi connectivity index (χ2n) is 5.15. The molecule has 2 aromatic rings. The Bertz CT molecular complexity index is 736. The van der Waals surface area contributed by atoms with Crippen molar-refractivity contribution in [2.45, 2.75) is 19.9 Å². The first-order chi connectivity index (χ1) is 8.94. The maximum atomic E-state index is 11.5. The maximum absolute atomic E-state index is 11.5. The Morgan fingerprint density at radius 1 is 1.42 bits per heavy atom. The number of hydrogen-bond donors (Lipinski definition) is 1. The predicted octanol–water partition coefficient (Wildman–Crippen LogP) is 0.757. The third-order valence-electron chi connectivity index (χ3n) is 3.53. The molecule has 3 rings (SSSR count). The smallest absolute Gasteiger partial charge is 0.202 e. The molecule has 19 heavy (non-hydrogen) atoms. The van der Waals surface area contributed by atoms with Crippen molar-refractivity contribution in [2.75, 3.05) is 17.2 Å². The van der Waals surface area contributed by atoms with E-state index in [0.717, 1.165) is 16.9 Å². The second-order valence-corrected chi connectivity index (χ2v) is 7.37. The van der Waals surface area contributed by atoms with Crippen LogP contribution in [0.2, 0.25) is 0 Å². The Kier molecular flexibility index (Phi) is 2.74. The van der Waals surface area contributed by atoms with Gasteiger partial charge < -0.3 is 5.73 Å². The van der Waals surface area contributed by atoms with Crippen molar-refractivity contribution in [2.24, 2.45) is 5.92 Å². The predicted molar refractivity (Wildman–Crippen MR) is 73.4 cm³/mol. The van der Waals surface area contributed by atoms with Crippen molar-refractivity contribution >= 4 is 26.9 Å². The molecule has 2 aromatic heterocycles. The fraction of sp³-hybridized carbons (Fsp3) is 0.500. The lowest BCUT2D eigenvalue weighted by atomic mass is 10.1. The summed E-state index contributed by atoms with van der Waals surface area (Å²) in [6.07, 6.45) is 0.688. The van der Waals surface area contributed by atoms with Crippen LogP contribution in [0.3, 0.4) is 0 Å². The van der Waals surface area contributed by atoms with Crippen LogP contribution in [0.4, 0.5) is 5.95 Å². The number of pyridine rings is 1. The molecule has 1 aliphatic rings. The van der Waals surface area contributed by atoms with Gasteiger partial charge in [0.15, 0.2) is 15.5 Å². The van der Waals surface area contributed by atoms with Crippen molar-refractivity contribution in [3.8, 4) is 0 Å². The van der Waals surface area contributed by atoms with Crippen molar-refractivity contribution in [1.82, 2.24) is 14.5 Å². The normalized spacial score (nSPS) is 22.1. The van der Waals surface area contributed by atoms with E-state index in [1.54, 1.807) is 0 Å². The summed E-state index contributed by atoms with van der Waals surface area (Å²) in [7, 11) is -2.87. The Balaban J connectivity index is 1.96. The minimum Gasteiger partial charge on any atom is -0.369 e. The minimum absolute atomic E-state index is 0.104. The molecule has 1 atom stereocenters. The van der Waals surface area contributed by atoms with Gasteiger partial charge in [-0.25, -0.2) is 18.4 Å². The SMILES string of the molecule is Cc1ccc2nc(N)n(CC3CCS(=O)(=O)C3)c2n1. The van der Waals surface area contributed by atoms with E-state index < -0.39 is 9.84 Å². The molecule has 1 aliphatic heterocycles. The molecule has 0 amide bonds. The summed E-state index contributed by atoms with van der Waals surface area (Å²) in [5.41, 5.74) is 8.30. The number of aromatic nitrogens is 3. The van der Waals surface area contributed by atoms with Crippen LogP contribution < -0.4 is 5.73 Å². The highest BCUT2D eigenvalue weighted by atomic mass is 32.2. The van der Waals surface area contributed by atoms with E-state index in [1.165, 1.54) is 0 Å². The van der Waals surface area contributed by atoms with Gasteiger partial charge in [-0.3, -0.25) is 4.57 Å². The largest absolute Gasteiger partial charge is 0.369 e. The van der Waals surface area contributed by atoms with E-state index in [2.05, 4.69) is 9.97 Å². The van der Waals surface area contributed by atoms with E-state index in [-0.39, 0.29) is 17.4 Å². The van der Waals surface area contributed by atoms with Gasteiger partial charge in [0.25, 0.3) is 0 Å². The second kappa shape index (κ2) is 4.19. The molecule has 2 N–H and O–H groups in total. The van der Waals surface area contributed by atoms with Gasteiger partial charge in [-0.05, 0) is 31.4 Å². The minimum atomic E-state index is -2.87. The van der Waals surface area contributed by atoms with Crippen LogP contribution in [0.15, 0.2) is 12.1 Å².